The summed E-state index contributed by atoms with van der Waals surface area (Å²) in [6.07, 6.45) is 2.97. The Morgan fingerprint density at radius 2 is 1.96 bits per heavy atom. The molecule has 1 saturated heterocycles. The van der Waals surface area contributed by atoms with Gasteiger partial charge >= 0.3 is 0 Å². The Morgan fingerprint density at radius 3 is 2.74 bits per heavy atom. The molecule has 2 aromatic heterocycles. The fourth-order valence-electron chi connectivity index (χ4n) is 2.26. The number of hydrogen-bond acceptors (Lipinski definition) is 7. The van der Waals surface area contributed by atoms with E-state index in [2.05, 4.69) is 9.97 Å². The van der Waals surface area contributed by atoms with Crippen molar-refractivity contribution >= 4 is 23.4 Å². The van der Waals surface area contributed by atoms with Gasteiger partial charge in [-0.15, -0.1) is 11.8 Å². The molecule has 3 N–H and O–H groups in total. The SMILES string of the molecule is O[C@@H]1[C@@H](O)[C@H](Oc2cncc(-c3ccncc3Cl)c2)SC[C@H]1O. The third-order valence-electron chi connectivity index (χ3n) is 3.50. The highest BCUT2D eigenvalue weighted by Crippen LogP contribution is 2.32. The van der Waals surface area contributed by atoms with Crippen molar-refractivity contribution in [2.75, 3.05) is 5.75 Å². The molecule has 1 aliphatic heterocycles. The molecule has 23 heavy (non-hydrogen) atoms. The number of nitrogens with zero attached hydrogens (tertiary/aromatic N) is 2. The number of rotatable bonds is 3. The highest BCUT2D eigenvalue weighted by molar-refractivity contribution is 7.99. The van der Waals surface area contributed by atoms with Gasteiger partial charge in [0.05, 0.1) is 17.3 Å². The van der Waals surface area contributed by atoms with E-state index < -0.39 is 23.7 Å². The van der Waals surface area contributed by atoms with Gasteiger partial charge in [0.2, 0.25) is 0 Å². The van der Waals surface area contributed by atoms with Crippen LogP contribution in [0.1, 0.15) is 0 Å². The van der Waals surface area contributed by atoms with Gasteiger partial charge in [0.15, 0.2) is 5.44 Å². The predicted molar refractivity (Wildman–Crippen MR) is 87.4 cm³/mol. The summed E-state index contributed by atoms with van der Waals surface area (Å²) in [5.41, 5.74) is 0.844. The molecule has 0 radical (unpaired) electrons. The normalized spacial score (nSPS) is 27.7. The molecule has 8 heteroatoms. The van der Waals surface area contributed by atoms with Crippen LogP contribution in [0.15, 0.2) is 36.9 Å². The molecule has 6 nitrogen and oxygen atoms in total. The minimum atomic E-state index is -1.23. The van der Waals surface area contributed by atoms with E-state index in [-0.39, 0.29) is 5.75 Å². The fraction of sp³-hybridized carbons (Fsp3) is 0.333. The Kier molecular flexibility index (Phi) is 5.03. The van der Waals surface area contributed by atoms with Crippen molar-refractivity contribution in [3.05, 3.63) is 41.9 Å². The molecule has 3 rings (SSSR count). The first-order chi connectivity index (χ1) is 11.1. The van der Waals surface area contributed by atoms with E-state index in [0.29, 0.717) is 10.8 Å². The monoisotopic (exact) mass is 354 g/mol. The molecule has 2 aromatic rings. The number of thioether (sulfide) groups is 1. The summed E-state index contributed by atoms with van der Waals surface area (Å²) in [5.74, 6) is 0.724. The maximum absolute atomic E-state index is 9.99. The summed E-state index contributed by atoms with van der Waals surface area (Å²) in [6, 6.07) is 3.52. The number of pyridine rings is 2. The molecular weight excluding hydrogens is 340 g/mol. The van der Waals surface area contributed by atoms with Crippen molar-refractivity contribution in [2.45, 2.75) is 23.7 Å². The van der Waals surface area contributed by atoms with Gasteiger partial charge in [-0.25, -0.2) is 0 Å². The third kappa shape index (κ3) is 3.59. The Bertz CT molecular complexity index is 690. The van der Waals surface area contributed by atoms with Crippen LogP contribution in [0.2, 0.25) is 5.02 Å². The minimum absolute atomic E-state index is 0.284. The number of halogens is 1. The zero-order valence-corrected chi connectivity index (χ0v) is 13.5. The first kappa shape index (κ1) is 16.5. The Morgan fingerprint density at radius 1 is 1.13 bits per heavy atom. The van der Waals surface area contributed by atoms with Crippen LogP contribution in [-0.2, 0) is 0 Å². The second-order valence-corrected chi connectivity index (χ2v) is 6.67. The fourth-order valence-corrected chi connectivity index (χ4v) is 3.61. The summed E-state index contributed by atoms with van der Waals surface area (Å²) in [5, 5.41) is 29.8. The first-order valence-corrected chi connectivity index (χ1v) is 8.36. The lowest BCUT2D eigenvalue weighted by atomic mass is 10.1. The summed E-state index contributed by atoms with van der Waals surface area (Å²) < 4.78 is 5.71. The lowest BCUT2D eigenvalue weighted by molar-refractivity contribution is -0.0786. The van der Waals surface area contributed by atoms with E-state index in [1.165, 1.54) is 18.0 Å². The van der Waals surface area contributed by atoms with Crippen LogP contribution in [0.25, 0.3) is 11.1 Å². The molecule has 0 aliphatic carbocycles. The van der Waals surface area contributed by atoms with Crippen LogP contribution in [-0.4, -0.2) is 54.8 Å². The number of aromatic nitrogens is 2. The van der Waals surface area contributed by atoms with Crippen LogP contribution in [0.5, 0.6) is 5.75 Å². The third-order valence-corrected chi connectivity index (χ3v) is 5.04. The highest BCUT2D eigenvalue weighted by atomic mass is 35.5. The average Bonchev–Trinajstić information content (AvgIpc) is 2.56. The Balaban J connectivity index is 1.80. The number of ether oxygens (including phenoxy) is 1. The standard InChI is InChI=1S/C15H15ClN2O4S/c16-11-6-17-2-1-10(11)8-3-9(5-18-4-8)22-15-14(21)13(20)12(19)7-23-15/h1-6,12-15,19-21H,7H2/t12-,13+,14-,15-/m1/s1. The van der Waals surface area contributed by atoms with Crippen LogP contribution < -0.4 is 4.74 Å². The van der Waals surface area contributed by atoms with Crippen LogP contribution in [0, 0.1) is 0 Å². The second kappa shape index (κ2) is 7.02. The molecule has 0 unspecified atom stereocenters. The largest absolute Gasteiger partial charge is 0.475 e. The summed E-state index contributed by atoms with van der Waals surface area (Å²) in [4.78, 5) is 8.06. The molecule has 1 fully saturated rings. The zero-order chi connectivity index (χ0) is 16.4. The lowest BCUT2D eigenvalue weighted by Crippen LogP contribution is -2.50. The highest BCUT2D eigenvalue weighted by Gasteiger charge is 2.38. The van der Waals surface area contributed by atoms with Gasteiger partial charge in [0, 0.05) is 35.5 Å². The molecule has 0 bridgehead atoms. The molecule has 0 saturated carbocycles. The second-order valence-electron chi connectivity index (χ2n) is 5.13. The van der Waals surface area contributed by atoms with Gasteiger partial charge in [-0.05, 0) is 12.1 Å². The van der Waals surface area contributed by atoms with Crippen molar-refractivity contribution in [2.24, 2.45) is 0 Å². The summed E-state index contributed by atoms with van der Waals surface area (Å²) in [7, 11) is 0. The quantitative estimate of drug-likeness (QED) is 0.765. The topological polar surface area (TPSA) is 95.7 Å². The van der Waals surface area contributed by atoms with E-state index in [4.69, 9.17) is 16.3 Å². The smallest absolute Gasteiger partial charge is 0.173 e. The lowest BCUT2D eigenvalue weighted by Gasteiger charge is -2.34. The van der Waals surface area contributed by atoms with Crippen LogP contribution in [0.3, 0.4) is 0 Å². The van der Waals surface area contributed by atoms with Crippen molar-refractivity contribution in [1.82, 2.24) is 9.97 Å². The molecule has 0 aromatic carbocycles. The van der Waals surface area contributed by atoms with Gasteiger partial charge < -0.3 is 20.1 Å². The Labute approximate surface area is 142 Å². The molecule has 0 amide bonds. The summed E-state index contributed by atoms with van der Waals surface area (Å²) in [6.45, 7) is 0. The predicted octanol–water partition coefficient (Wildman–Crippen LogP) is 1.33. The van der Waals surface area contributed by atoms with Gasteiger partial charge in [-0.2, -0.15) is 0 Å². The van der Waals surface area contributed by atoms with E-state index in [0.717, 1.165) is 11.1 Å². The van der Waals surface area contributed by atoms with Crippen LogP contribution >= 0.6 is 23.4 Å². The maximum Gasteiger partial charge on any atom is 0.173 e. The van der Waals surface area contributed by atoms with Crippen molar-refractivity contribution in [3.8, 4) is 16.9 Å². The van der Waals surface area contributed by atoms with E-state index >= 15 is 0 Å². The van der Waals surface area contributed by atoms with E-state index in [1.807, 2.05) is 0 Å². The van der Waals surface area contributed by atoms with Gasteiger partial charge in [-0.3, -0.25) is 9.97 Å². The molecule has 0 spiro atoms. The van der Waals surface area contributed by atoms with Crippen molar-refractivity contribution in [1.29, 1.82) is 0 Å². The zero-order valence-electron chi connectivity index (χ0n) is 11.9. The van der Waals surface area contributed by atoms with E-state index in [9.17, 15) is 15.3 Å². The van der Waals surface area contributed by atoms with Gasteiger partial charge in [-0.1, -0.05) is 11.6 Å². The molecule has 4 atom stereocenters. The minimum Gasteiger partial charge on any atom is -0.475 e. The maximum atomic E-state index is 9.99. The summed E-state index contributed by atoms with van der Waals surface area (Å²) >= 11 is 7.36. The van der Waals surface area contributed by atoms with Gasteiger partial charge in [0.1, 0.15) is 18.0 Å². The molecule has 122 valence electrons. The average molecular weight is 355 g/mol. The van der Waals surface area contributed by atoms with Crippen molar-refractivity contribution in [3.63, 3.8) is 0 Å². The van der Waals surface area contributed by atoms with Crippen LogP contribution in [0.4, 0.5) is 0 Å². The Hall–Kier alpha value is -1.38. The van der Waals surface area contributed by atoms with Gasteiger partial charge in [0.25, 0.3) is 0 Å². The molecule has 3 heterocycles. The molecule has 1 aliphatic rings. The number of aliphatic hydroxyl groups is 3. The number of hydrogen-bond donors (Lipinski definition) is 3. The first-order valence-electron chi connectivity index (χ1n) is 6.93. The molecular formula is C15H15ClN2O4S. The number of aliphatic hydroxyl groups excluding tert-OH is 3. The van der Waals surface area contributed by atoms with E-state index in [1.54, 1.807) is 30.7 Å². The van der Waals surface area contributed by atoms with Crippen molar-refractivity contribution < 1.29 is 20.1 Å².